The summed E-state index contributed by atoms with van der Waals surface area (Å²) in [6.07, 6.45) is 9.16. The first kappa shape index (κ1) is 31.1. The van der Waals surface area contributed by atoms with Crippen LogP contribution in [0.15, 0.2) is 64.8 Å². The van der Waals surface area contributed by atoms with Crippen LogP contribution in [-0.2, 0) is 0 Å². The van der Waals surface area contributed by atoms with Crippen molar-refractivity contribution in [2.24, 2.45) is 22.1 Å². The number of carbonyl (C=O) groups is 1. The highest BCUT2D eigenvalue weighted by Crippen LogP contribution is 2.32. The molecule has 0 aliphatic rings. The monoisotopic (exact) mass is 544 g/mol. The van der Waals surface area contributed by atoms with Crippen molar-refractivity contribution in [3.05, 3.63) is 65.9 Å². The zero-order chi connectivity index (χ0) is 28.9. The number of rotatable bonds is 16. The fraction of sp³-hybridized carbons (Fsp3) is 0.515. The van der Waals surface area contributed by atoms with E-state index in [2.05, 4.69) is 47.9 Å². The van der Waals surface area contributed by atoms with Crippen molar-refractivity contribution in [3.63, 3.8) is 0 Å². The van der Waals surface area contributed by atoms with Crippen LogP contribution in [0.4, 0.5) is 17.2 Å². The molecule has 0 saturated heterocycles. The predicted molar refractivity (Wildman–Crippen MR) is 166 cm³/mol. The predicted octanol–water partition coefficient (Wildman–Crippen LogP) is 9.05. The second kappa shape index (κ2) is 15.9. The number of unbranched alkanes of at least 4 members (excludes halogenated alkanes) is 2. The van der Waals surface area contributed by atoms with Crippen molar-refractivity contribution in [1.82, 2.24) is 14.7 Å². The largest absolute Gasteiger partial charge is 0.382 e. The molecule has 2 unspecified atom stereocenters. The molecule has 2 atom stereocenters. The van der Waals surface area contributed by atoms with E-state index in [1.165, 1.54) is 25.7 Å². The zero-order valence-electron chi connectivity index (χ0n) is 25.1. The van der Waals surface area contributed by atoms with Crippen LogP contribution >= 0.6 is 0 Å². The topological polar surface area (TPSA) is 88.9 Å². The Morgan fingerprint density at radius 3 is 2.02 bits per heavy atom. The van der Waals surface area contributed by atoms with Crippen molar-refractivity contribution < 1.29 is 4.79 Å². The third-order valence-corrected chi connectivity index (χ3v) is 7.79. The van der Waals surface area contributed by atoms with E-state index in [1.807, 2.05) is 61.5 Å². The van der Waals surface area contributed by atoms with Crippen molar-refractivity contribution in [2.75, 3.05) is 18.8 Å². The highest BCUT2D eigenvalue weighted by atomic mass is 16.2. The molecule has 7 nitrogen and oxygen atoms in total. The van der Waals surface area contributed by atoms with Crippen LogP contribution in [0.3, 0.4) is 0 Å². The highest BCUT2D eigenvalue weighted by Gasteiger charge is 2.24. The summed E-state index contributed by atoms with van der Waals surface area (Å²) in [5.41, 5.74) is 9.62. The van der Waals surface area contributed by atoms with E-state index >= 15 is 0 Å². The molecule has 0 radical (unpaired) electrons. The lowest BCUT2D eigenvalue weighted by atomic mass is 9.95. The van der Waals surface area contributed by atoms with Gasteiger partial charge >= 0.3 is 0 Å². The standard InChI is InChI=1S/C33H48N6O/c1-6-10-17-26(8-3)23-38(24-27(9-4)18-11-7-2)33(40)29-21-15-16-22-30(29)35-36-31-25(5)37-39(32(31)34)28-19-13-12-14-20-28/h12-16,19-22,26-27H,6-11,17-18,23-24,34H2,1-5H3/b36-35+. The second-order valence-corrected chi connectivity index (χ2v) is 10.8. The first-order chi connectivity index (χ1) is 19.4. The SMILES string of the molecule is CCCCC(CC)CN(CC(CC)CCCC)C(=O)c1ccccc1/N=N/c1c(C)nn(-c2ccccc2)c1N. The number of azo groups is 1. The fourth-order valence-electron chi connectivity index (χ4n) is 5.14. The summed E-state index contributed by atoms with van der Waals surface area (Å²) in [7, 11) is 0. The van der Waals surface area contributed by atoms with Gasteiger partial charge in [0.2, 0.25) is 0 Å². The van der Waals surface area contributed by atoms with Gasteiger partial charge in [-0.15, -0.1) is 10.2 Å². The number of hydrogen-bond donors (Lipinski definition) is 1. The number of carbonyl (C=O) groups excluding carboxylic acids is 1. The fourth-order valence-corrected chi connectivity index (χ4v) is 5.14. The normalized spacial score (nSPS) is 13.0. The number of aromatic nitrogens is 2. The van der Waals surface area contributed by atoms with E-state index < -0.39 is 0 Å². The van der Waals surface area contributed by atoms with Gasteiger partial charge in [0.15, 0.2) is 11.5 Å². The number of nitrogens with zero attached hydrogens (tertiary/aromatic N) is 5. The van der Waals surface area contributed by atoms with E-state index in [9.17, 15) is 4.79 Å². The maximum absolute atomic E-state index is 14.1. The molecule has 0 saturated carbocycles. The number of nitrogens with two attached hydrogens (primary N) is 1. The molecule has 2 aromatic carbocycles. The van der Waals surface area contributed by atoms with Gasteiger partial charge in [0.25, 0.3) is 5.91 Å². The number of para-hydroxylation sites is 1. The molecule has 40 heavy (non-hydrogen) atoms. The maximum Gasteiger partial charge on any atom is 0.256 e. The number of benzene rings is 2. The highest BCUT2D eigenvalue weighted by molar-refractivity contribution is 5.99. The summed E-state index contributed by atoms with van der Waals surface area (Å²) in [4.78, 5) is 16.2. The molecule has 1 heterocycles. The molecule has 0 aliphatic carbocycles. The van der Waals surface area contributed by atoms with Gasteiger partial charge < -0.3 is 10.6 Å². The molecule has 1 aromatic heterocycles. The number of amides is 1. The summed E-state index contributed by atoms with van der Waals surface area (Å²) >= 11 is 0. The Morgan fingerprint density at radius 2 is 1.45 bits per heavy atom. The molecule has 1 amide bonds. The lowest BCUT2D eigenvalue weighted by molar-refractivity contribution is 0.0685. The van der Waals surface area contributed by atoms with Gasteiger partial charge in [-0.05, 0) is 55.9 Å². The number of anilines is 1. The Morgan fingerprint density at radius 1 is 0.875 bits per heavy atom. The molecule has 3 rings (SSSR count). The Hall–Kier alpha value is -3.48. The first-order valence-corrected chi connectivity index (χ1v) is 15.1. The molecule has 7 heteroatoms. The summed E-state index contributed by atoms with van der Waals surface area (Å²) in [5, 5.41) is 13.6. The molecule has 216 valence electrons. The van der Waals surface area contributed by atoms with Gasteiger partial charge in [-0.3, -0.25) is 4.79 Å². The molecule has 2 N–H and O–H groups in total. The number of aryl methyl sites for hydroxylation is 1. The average molecular weight is 545 g/mol. The minimum Gasteiger partial charge on any atom is -0.382 e. The molecular weight excluding hydrogens is 496 g/mol. The molecule has 3 aromatic rings. The van der Waals surface area contributed by atoms with E-state index in [4.69, 9.17) is 5.73 Å². The molecule has 0 bridgehead atoms. The van der Waals surface area contributed by atoms with Gasteiger partial charge in [-0.2, -0.15) is 5.10 Å². The maximum atomic E-state index is 14.1. The van der Waals surface area contributed by atoms with Gasteiger partial charge in [0.1, 0.15) is 0 Å². The quantitative estimate of drug-likeness (QED) is 0.182. The van der Waals surface area contributed by atoms with Gasteiger partial charge in [-0.1, -0.05) is 96.6 Å². The van der Waals surface area contributed by atoms with E-state index in [0.717, 1.165) is 44.5 Å². The Labute approximate surface area is 240 Å². The van der Waals surface area contributed by atoms with Crippen molar-refractivity contribution in [3.8, 4) is 5.69 Å². The second-order valence-electron chi connectivity index (χ2n) is 10.8. The van der Waals surface area contributed by atoms with E-state index in [0.29, 0.717) is 40.3 Å². The number of hydrogen-bond acceptors (Lipinski definition) is 5. The van der Waals surface area contributed by atoms with Gasteiger partial charge in [0, 0.05) is 13.1 Å². The van der Waals surface area contributed by atoms with Crippen molar-refractivity contribution in [2.45, 2.75) is 86.0 Å². The lowest BCUT2D eigenvalue weighted by Gasteiger charge is -2.31. The van der Waals surface area contributed by atoms with Crippen molar-refractivity contribution >= 4 is 23.1 Å². The third-order valence-electron chi connectivity index (χ3n) is 7.79. The van der Waals surface area contributed by atoms with E-state index in [-0.39, 0.29) is 5.91 Å². The first-order valence-electron chi connectivity index (χ1n) is 15.1. The minimum absolute atomic E-state index is 0.0316. The van der Waals surface area contributed by atoms with Crippen LogP contribution in [-0.4, -0.2) is 33.7 Å². The van der Waals surface area contributed by atoms with Crippen LogP contribution < -0.4 is 5.73 Å². The van der Waals surface area contributed by atoms with Gasteiger partial charge in [0.05, 0.1) is 22.6 Å². The van der Waals surface area contributed by atoms with Crippen LogP contribution in [0, 0.1) is 18.8 Å². The molecule has 0 fully saturated rings. The number of nitrogen functional groups attached to an aromatic ring is 1. The van der Waals surface area contributed by atoms with E-state index in [1.54, 1.807) is 4.68 Å². The van der Waals surface area contributed by atoms with Gasteiger partial charge in [-0.25, -0.2) is 4.68 Å². The van der Waals surface area contributed by atoms with Crippen LogP contribution in [0.25, 0.3) is 5.69 Å². The Kier molecular flexibility index (Phi) is 12.4. The van der Waals surface area contributed by atoms with Crippen LogP contribution in [0.2, 0.25) is 0 Å². The molecule has 0 aliphatic heterocycles. The summed E-state index contributed by atoms with van der Waals surface area (Å²) in [6.45, 7) is 12.4. The van der Waals surface area contributed by atoms with Crippen molar-refractivity contribution in [1.29, 1.82) is 0 Å². The lowest BCUT2D eigenvalue weighted by Crippen LogP contribution is -2.39. The van der Waals surface area contributed by atoms with Crippen LogP contribution in [0.1, 0.15) is 95.1 Å². The summed E-state index contributed by atoms with van der Waals surface area (Å²) in [6, 6.07) is 17.2. The zero-order valence-corrected chi connectivity index (χ0v) is 25.1. The average Bonchev–Trinajstić information content (AvgIpc) is 3.27. The molecular formula is C33H48N6O. The Balaban J connectivity index is 1.91. The summed E-state index contributed by atoms with van der Waals surface area (Å²) in [5.74, 6) is 1.44. The molecule has 0 spiro atoms. The Bertz CT molecular complexity index is 1200. The third kappa shape index (κ3) is 8.26. The minimum atomic E-state index is 0.0316. The smallest absolute Gasteiger partial charge is 0.256 e. The van der Waals surface area contributed by atoms with Crippen LogP contribution in [0.5, 0.6) is 0 Å². The summed E-state index contributed by atoms with van der Waals surface area (Å²) < 4.78 is 1.67.